The minimum atomic E-state index is -0.0899. The van der Waals surface area contributed by atoms with Gasteiger partial charge in [0, 0.05) is 23.2 Å². The van der Waals surface area contributed by atoms with E-state index in [1.165, 1.54) is 10.8 Å². The van der Waals surface area contributed by atoms with E-state index in [4.69, 9.17) is 4.74 Å². The normalized spacial score (nSPS) is 10.9. The number of hydrogen-bond acceptors (Lipinski definition) is 3. The summed E-state index contributed by atoms with van der Waals surface area (Å²) >= 11 is 0. The molecule has 5 aromatic rings. The van der Waals surface area contributed by atoms with Crippen molar-refractivity contribution in [2.45, 2.75) is 6.42 Å². The second-order valence-corrected chi connectivity index (χ2v) is 8.13. The number of aromatic nitrogens is 2. The summed E-state index contributed by atoms with van der Waals surface area (Å²) in [5.74, 6) is 0.731. The van der Waals surface area contributed by atoms with Crippen LogP contribution in [0.2, 0.25) is 0 Å². The van der Waals surface area contributed by atoms with Crippen LogP contribution in [-0.4, -0.2) is 29.8 Å². The number of amides is 1. The van der Waals surface area contributed by atoms with Gasteiger partial charge in [0.2, 0.25) is 0 Å². The van der Waals surface area contributed by atoms with Crippen molar-refractivity contribution in [2.75, 3.05) is 13.7 Å². The fourth-order valence-electron chi connectivity index (χ4n) is 4.11. The molecule has 0 saturated heterocycles. The van der Waals surface area contributed by atoms with Gasteiger partial charge in [-0.1, -0.05) is 66.7 Å². The van der Waals surface area contributed by atoms with Crippen LogP contribution in [0.1, 0.15) is 15.9 Å². The molecule has 0 atom stereocenters. The standard InChI is InChI=1S/C29H25N3O2/c1-34-24-9-4-6-20(18-24)16-17-30-29(33)23-14-12-22(13-15-23)27-19-28(32-31-27)26-11-5-8-21-7-2-3-10-25(21)26/h2-15,18-19H,16-17H2,1H3,(H,30,33)(H,31,32). The second kappa shape index (κ2) is 9.63. The quantitative estimate of drug-likeness (QED) is 0.327. The summed E-state index contributed by atoms with van der Waals surface area (Å²) in [6.45, 7) is 0.557. The van der Waals surface area contributed by atoms with Crippen LogP contribution >= 0.6 is 0 Å². The lowest BCUT2D eigenvalue weighted by atomic mass is 10.0. The largest absolute Gasteiger partial charge is 0.497 e. The van der Waals surface area contributed by atoms with E-state index in [2.05, 4.69) is 45.8 Å². The summed E-state index contributed by atoms with van der Waals surface area (Å²) < 4.78 is 5.25. The maximum atomic E-state index is 12.6. The maximum Gasteiger partial charge on any atom is 0.251 e. The molecular formula is C29H25N3O2. The number of carbonyl (C=O) groups is 1. The minimum absolute atomic E-state index is 0.0899. The summed E-state index contributed by atoms with van der Waals surface area (Å²) in [4.78, 5) is 12.6. The Balaban J connectivity index is 1.25. The Morgan fingerprint density at radius 2 is 1.71 bits per heavy atom. The molecule has 0 unspecified atom stereocenters. The van der Waals surface area contributed by atoms with E-state index in [1.54, 1.807) is 7.11 Å². The van der Waals surface area contributed by atoms with Crippen molar-refractivity contribution < 1.29 is 9.53 Å². The van der Waals surface area contributed by atoms with Crippen molar-refractivity contribution in [3.05, 3.63) is 108 Å². The highest BCUT2D eigenvalue weighted by molar-refractivity contribution is 5.96. The number of hydrogen-bond donors (Lipinski definition) is 2. The summed E-state index contributed by atoms with van der Waals surface area (Å²) in [5, 5.41) is 13.0. The average Bonchev–Trinajstić information content (AvgIpc) is 3.39. The number of aromatic amines is 1. The number of benzene rings is 4. The fourth-order valence-corrected chi connectivity index (χ4v) is 4.11. The lowest BCUT2D eigenvalue weighted by Gasteiger charge is -2.07. The highest BCUT2D eigenvalue weighted by Crippen LogP contribution is 2.29. The van der Waals surface area contributed by atoms with Crippen molar-refractivity contribution in [3.63, 3.8) is 0 Å². The molecule has 0 aliphatic carbocycles. The number of nitrogens with one attached hydrogen (secondary N) is 2. The van der Waals surface area contributed by atoms with Crippen LogP contribution in [0.25, 0.3) is 33.3 Å². The lowest BCUT2D eigenvalue weighted by Crippen LogP contribution is -2.25. The predicted octanol–water partition coefficient (Wildman–Crippen LogP) is 5.88. The Kier molecular flexibility index (Phi) is 6.08. The first-order chi connectivity index (χ1) is 16.7. The van der Waals surface area contributed by atoms with Crippen molar-refractivity contribution in [2.24, 2.45) is 0 Å². The van der Waals surface area contributed by atoms with E-state index in [-0.39, 0.29) is 5.91 Å². The molecule has 1 amide bonds. The minimum Gasteiger partial charge on any atom is -0.497 e. The van der Waals surface area contributed by atoms with Gasteiger partial charge in [0.25, 0.3) is 5.91 Å². The molecule has 168 valence electrons. The molecule has 0 bridgehead atoms. The van der Waals surface area contributed by atoms with Gasteiger partial charge >= 0.3 is 0 Å². The first-order valence-corrected chi connectivity index (χ1v) is 11.3. The Hall–Kier alpha value is -4.38. The van der Waals surface area contributed by atoms with Crippen LogP contribution in [-0.2, 0) is 6.42 Å². The van der Waals surface area contributed by atoms with E-state index in [0.717, 1.165) is 40.2 Å². The lowest BCUT2D eigenvalue weighted by molar-refractivity contribution is 0.0954. The molecule has 5 rings (SSSR count). The van der Waals surface area contributed by atoms with E-state index in [9.17, 15) is 4.79 Å². The van der Waals surface area contributed by atoms with Crippen molar-refractivity contribution in [1.82, 2.24) is 15.5 Å². The molecule has 5 nitrogen and oxygen atoms in total. The van der Waals surface area contributed by atoms with Crippen LogP contribution < -0.4 is 10.1 Å². The van der Waals surface area contributed by atoms with Crippen LogP contribution in [0.5, 0.6) is 5.75 Å². The van der Waals surface area contributed by atoms with Gasteiger partial charge in [-0.05, 0) is 53.1 Å². The Morgan fingerprint density at radius 1 is 0.912 bits per heavy atom. The zero-order chi connectivity index (χ0) is 23.3. The molecule has 0 spiro atoms. The van der Waals surface area contributed by atoms with Crippen molar-refractivity contribution in [3.8, 4) is 28.3 Å². The van der Waals surface area contributed by atoms with Gasteiger partial charge in [0.15, 0.2) is 0 Å². The van der Waals surface area contributed by atoms with E-state index in [1.807, 2.05) is 66.7 Å². The molecule has 34 heavy (non-hydrogen) atoms. The maximum absolute atomic E-state index is 12.6. The highest BCUT2D eigenvalue weighted by atomic mass is 16.5. The first kappa shape index (κ1) is 21.5. The second-order valence-electron chi connectivity index (χ2n) is 8.13. The number of H-pyrrole nitrogens is 1. The molecular weight excluding hydrogens is 422 g/mol. The van der Waals surface area contributed by atoms with E-state index < -0.39 is 0 Å². The molecule has 0 aliphatic rings. The smallest absolute Gasteiger partial charge is 0.251 e. The van der Waals surface area contributed by atoms with Gasteiger partial charge in [0.05, 0.1) is 18.5 Å². The SMILES string of the molecule is COc1cccc(CCNC(=O)c2ccc(-c3cc(-c4cccc5ccccc45)[nH]n3)cc2)c1. The van der Waals surface area contributed by atoms with E-state index in [0.29, 0.717) is 12.1 Å². The van der Waals surface area contributed by atoms with Gasteiger partial charge in [-0.2, -0.15) is 5.10 Å². The van der Waals surface area contributed by atoms with E-state index >= 15 is 0 Å². The summed E-state index contributed by atoms with van der Waals surface area (Å²) in [6, 6.07) is 32.0. The molecule has 0 saturated carbocycles. The molecule has 2 N–H and O–H groups in total. The highest BCUT2D eigenvalue weighted by Gasteiger charge is 2.10. The molecule has 1 aromatic heterocycles. The molecule has 1 heterocycles. The zero-order valence-corrected chi connectivity index (χ0v) is 18.9. The number of ether oxygens (including phenoxy) is 1. The number of rotatable bonds is 7. The summed E-state index contributed by atoms with van der Waals surface area (Å²) in [6.07, 6.45) is 0.741. The summed E-state index contributed by atoms with van der Waals surface area (Å²) in [5.41, 5.74) is 5.62. The molecule has 4 aromatic carbocycles. The number of carbonyl (C=O) groups excluding carboxylic acids is 1. The van der Waals surface area contributed by atoms with Crippen LogP contribution in [0, 0.1) is 0 Å². The monoisotopic (exact) mass is 447 g/mol. The number of nitrogens with zero attached hydrogens (tertiary/aromatic N) is 1. The van der Waals surface area contributed by atoms with Crippen LogP contribution in [0.3, 0.4) is 0 Å². The molecule has 0 aliphatic heterocycles. The average molecular weight is 448 g/mol. The third-order valence-corrected chi connectivity index (χ3v) is 5.93. The predicted molar refractivity (Wildman–Crippen MR) is 136 cm³/mol. The number of fused-ring (bicyclic) bond motifs is 1. The van der Waals surface area contributed by atoms with Gasteiger partial charge in [-0.3, -0.25) is 9.89 Å². The van der Waals surface area contributed by atoms with Gasteiger partial charge in [0.1, 0.15) is 5.75 Å². The zero-order valence-electron chi connectivity index (χ0n) is 18.9. The van der Waals surface area contributed by atoms with Gasteiger partial charge in [-0.15, -0.1) is 0 Å². The Bertz CT molecular complexity index is 1430. The Labute approximate surface area is 198 Å². The van der Waals surface area contributed by atoms with Gasteiger partial charge < -0.3 is 10.1 Å². The van der Waals surface area contributed by atoms with Gasteiger partial charge in [-0.25, -0.2) is 0 Å². The van der Waals surface area contributed by atoms with Crippen molar-refractivity contribution >= 4 is 16.7 Å². The molecule has 5 heteroatoms. The number of methoxy groups -OCH3 is 1. The summed E-state index contributed by atoms with van der Waals surface area (Å²) in [7, 11) is 1.65. The van der Waals surface area contributed by atoms with Crippen molar-refractivity contribution in [1.29, 1.82) is 0 Å². The topological polar surface area (TPSA) is 67.0 Å². The third-order valence-electron chi connectivity index (χ3n) is 5.93. The fraction of sp³-hybridized carbons (Fsp3) is 0.103. The molecule has 0 radical (unpaired) electrons. The first-order valence-electron chi connectivity index (χ1n) is 11.3. The molecule has 0 fully saturated rings. The Morgan fingerprint density at radius 3 is 2.56 bits per heavy atom. The van der Waals surface area contributed by atoms with Crippen LogP contribution in [0.4, 0.5) is 0 Å². The van der Waals surface area contributed by atoms with Crippen LogP contribution in [0.15, 0.2) is 97.1 Å². The third kappa shape index (κ3) is 4.55.